The summed E-state index contributed by atoms with van der Waals surface area (Å²) in [5.74, 6) is 4.71. The second-order valence-corrected chi connectivity index (χ2v) is 12.5. The van der Waals surface area contributed by atoms with Crippen molar-refractivity contribution in [1.29, 1.82) is 0 Å². The monoisotopic (exact) mass is 426 g/mol. The molecule has 8 atom stereocenters. The van der Waals surface area contributed by atoms with Crippen molar-refractivity contribution in [3.63, 3.8) is 0 Å². The molecule has 176 valence electrons. The number of fused-ring (bicyclic) bond motifs is 5. The Morgan fingerprint density at radius 1 is 1.06 bits per heavy atom. The van der Waals surface area contributed by atoms with Crippen molar-refractivity contribution in [3.8, 4) is 0 Å². The number of hydrogen-bond donors (Lipinski definition) is 1. The molecule has 4 rings (SSSR count). The van der Waals surface area contributed by atoms with Crippen LogP contribution < -0.4 is 0 Å². The second kappa shape index (κ2) is 9.36. The van der Waals surface area contributed by atoms with Crippen molar-refractivity contribution in [2.45, 2.75) is 112 Å². The van der Waals surface area contributed by atoms with Gasteiger partial charge in [0.25, 0.3) is 0 Å². The van der Waals surface area contributed by atoms with E-state index in [-0.39, 0.29) is 0 Å². The molecule has 0 aliphatic heterocycles. The highest BCUT2D eigenvalue weighted by molar-refractivity contribution is 5.27. The zero-order chi connectivity index (χ0) is 22.2. The summed E-state index contributed by atoms with van der Waals surface area (Å²) < 4.78 is 0. The summed E-state index contributed by atoms with van der Waals surface area (Å²) in [7, 11) is 0. The lowest BCUT2D eigenvalue weighted by atomic mass is 9.48. The summed E-state index contributed by atoms with van der Waals surface area (Å²) in [6.07, 6.45) is 21.8. The Balaban J connectivity index is 1.47. The number of hydrogen-bond acceptors (Lipinski definition) is 1. The fourth-order valence-electron chi connectivity index (χ4n) is 9.04. The van der Waals surface area contributed by atoms with Crippen LogP contribution in [0.15, 0.2) is 23.3 Å². The molecule has 0 heterocycles. The number of aliphatic hydroxyl groups excluding tert-OH is 1. The molecule has 31 heavy (non-hydrogen) atoms. The molecule has 2 unspecified atom stereocenters. The molecule has 1 N–H and O–H groups in total. The standard InChI is InChI=1S/C30H50O/c1-6-9-23(22(3)20-31)12-11-21(2)26-15-16-27-25-14-13-24-10-7-8-18-29(24,4)28(25)17-19-30(26,27)5/h9,14,21-22,24,26-28,31H,6-8,10-13,15-20H2,1-5H3/b23-9-/t21-,22?,24?,26-,27+,28+,29+,30-/m1/s1. The van der Waals surface area contributed by atoms with Crippen molar-refractivity contribution in [3.05, 3.63) is 23.3 Å². The minimum absolute atomic E-state index is 0.290. The van der Waals surface area contributed by atoms with E-state index in [1.807, 2.05) is 5.57 Å². The summed E-state index contributed by atoms with van der Waals surface area (Å²) in [5, 5.41) is 9.67. The SMILES string of the molecule is CC/C=C(/CC[C@@H](C)[C@H]1CC[C@H]2C3=CCC4CCCC[C@]4(C)[C@H]3CC[C@]12C)C(C)CO. The Bertz CT molecular complexity index is 689. The predicted octanol–water partition coefficient (Wildman–Crippen LogP) is 8.34. The van der Waals surface area contributed by atoms with E-state index in [1.165, 1.54) is 76.2 Å². The maximum Gasteiger partial charge on any atom is 0.0493 e. The van der Waals surface area contributed by atoms with Gasteiger partial charge in [-0.1, -0.05) is 70.8 Å². The van der Waals surface area contributed by atoms with E-state index in [4.69, 9.17) is 0 Å². The van der Waals surface area contributed by atoms with Crippen LogP contribution in [0.5, 0.6) is 0 Å². The minimum Gasteiger partial charge on any atom is -0.396 e. The minimum atomic E-state index is 0.290. The van der Waals surface area contributed by atoms with Crippen molar-refractivity contribution >= 4 is 0 Å². The first-order valence-electron chi connectivity index (χ1n) is 13.8. The smallest absolute Gasteiger partial charge is 0.0493 e. The van der Waals surface area contributed by atoms with Gasteiger partial charge in [0.15, 0.2) is 0 Å². The van der Waals surface area contributed by atoms with Gasteiger partial charge in [-0.2, -0.15) is 0 Å². The molecular formula is C30H50O. The van der Waals surface area contributed by atoms with E-state index in [0.29, 0.717) is 23.4 Å². The van der Waals surface area contributed by atoms with Gasteiger partial charge >= 0.3 is 0 Å². The lowest BCUT2D eigenvalue weighted by molar-refractivity contribution is -0.00785. The van der Waals surface area contributed by atoms with Gasteiger partial charge in [-0.05, 0) is 105 Å². The highest BCUT2D eigenvalue weighted by Crippen LogP contribution is 2.66. The van der Waals surface area contributed by atoms with Gasteiger partial charge in [-0.25, -0.2) is 0 Å². The summed E-state index contributed by atoms with van der Waals surface area (Å²) in [6.45, 7) is 12.6. The summed E-state index contributed by atoms with van der Waals surface area (Å²) >= 11 is 0. The molecule has 0 aromatic heterocycles. The molecule has 0 aromatic carbocycles. The molecule has 0 aromatic rings. The van der Waals surface area contributed by atoms with Crippen LogP contribution in [0.1, 0.15) is 112 Å². The van der Waals surface area contributed by atoms with Gasteiger partial charge in [0.2, 0.25) is 0 Å². The molecule has 0 saturated heterocycles. The van der Waals surface area contributed by atoms with E-state index in [2.05, 4.69) is 46.8 Å². The topological polar surface area (TPSA) is 20.2 Å². The first-order chi connectivity index (χ1) is 14.8. The average Bonchev–Trinajstić information content (AvgIpc) is 3.12. The summed E-state index contributed by atoms with van der Waals surface area (Å²) in [6, 6.07) is 0. The molecular weight excluding hydrogens is 376 g/mol. The molecule has 4 aliphatic carbocycles. The molecule has 0 spiro atoms. The Labute approximate surface area is 193 Å². The van der Waals surface area contributed by atoms with E-state index in [0.717, 1.165) is 36.0 Å². The normalized spacial score (nSPS) is 42.3. The van der Waals surface area contributed by atoms with Gasteiger partial charge in [-0.3, -0.25) is 0 Å². The Morgan fingerprint density at radius 3 is 2.58 bits per heavy atom. The predicted molar refractivity (Wildman–Crippen MR) is 133 cm³/mol. The van der Waals surface area contributed by atoms with E-state index < -0.39 is 0 Å². The van der Waals surface area contributed by atoms with Crippen LogP contribution in [0.3, 0.4) is 0 Å². The zero-order valence-corrected chi connectivity index (χ0v) is 21.3. The number of aliphatic hydroxyl groups is 1. The number of allylic oxidation sites excluding steroid dienone is 3. The second-order valence-electron chi connectivity index (χ2n) is 12.5. The van der Waals surface area contributed by atoms with Crippen LogP contribution in [-0.2, 0) is 0 Å². The molecule has 1 heteroatoms. The molecule has 4 aliphatic rings. The van der Waals surface area contributed by atoms with Gasteiger partial charge < -0.3 is 5.11 Å². The van der Waals surface area contributed by atoms with Crippen LogP contribution in [0, 0.1) is 46.3 Å². The zero-order valence-electron chi connectivity index (χ0n) is 21.3. The van der Waals surface area contributed by atoms with Gasteiger partial charge in [0, 0.05) is 12.5 Å². The third-order valence-electron chi connectivity index (χ3n) is 11.0. The molecule has 0 bridgehead atoms. The molecule has 0 amide bonds. The summed E-state index contributed by atoms with van der Waals surface area (Å²) in [5.41, 5.74) is 4.54. The van der Waals surface area contributed by atoms with Gasteiger partial charge in [0.1, 0.15) is 0 Å². The highest BCUT2D eigenvalue weighted by atomic mass is 16.3. The molecule has 1 nitrogen and oxygen atoms in total. The molecule has 3 fully saturated rings. The van der Waals surface area contributed by atoms with Gasteiger partial charge in [-0.15, -0.1) is 0 Å². The van der Waals surface area contributed by atoms with Gasteiger partial charge in [0.05, 0.1) is 0 Å². The Hall–Kier alpha value is -0.560. The average molecular weight is 427 g/mol. The van der Waals surface area contributed by atoms with Crippen molar-refractivity contribution < 1.29 is 5.11 Å². The van der Waals surface area contributed by atoms with Crippen molar-refractivity contribution in [2.24, 2.45) is 46.3 Å². The van der Waals surface area contributed by atoms with Crippen molar-refractivity contribution in [1.82, 2.24) is 0 Å². The maximum atomic E-state index is 9.67. The van der Waals surface area contributed by atoms with E-state index in [9.17, 15) is 5.11 Å². The van der Waals surface area contributed by atoms with E-state index in [1.54, 1.807) is 0 Å². The van der Waals surface area contributed by atoms with Crippen LogP contribution in [-0.4, -0.2) is 11.7 Å². The van der Waals surface area contributed by atoms with Crippen LogP contribution in [0.4, 0.5) is 0 Å². The third kappa shape index (κ3) is 4.11. The van der Waals surface area contributed by atoms with E-state index >= 15 is 0 Å². The lowest BCUT2D eigenvalue weighted by Crippen LogP contribution is -2.48. The van der Waals surface area contributed by atoms with Crippen LogP contribution in [0.25, 0.3) is 0 Å². The maximum absolute atomic E-state index is 9.67. The van der Waals surface area contributed by atoms with Crippen LogP contribution in [0.2, 0.25) is 0 Å². The fraction of sp³-hybridized carbons (Fsp3) is 0.867. The Morgan fingerprint density at radius 2 is 1.84 bits per heavy atom. The highest BCUT2D eigenvalue weighted by Gasteiger charge is 2.57. The fourth-order valence-corrected chi connectivity index (χ4v) is 9.04. The largest absolute Gasteiger partial charge is 0.396 e. The van der Waals surface area contributed by atoms with Crippen molar-refractivity contribution in [2.75, 3.05) is 6.61 Å². The third-order valence-corrected chi connectivity index (χ3v) is 11.0. The van der Waals surface area contributed by atoms with Crippen LogP contribution >= 0.6 is 0 Å². The first kappa shape index (κ1) is 23.6. The lowest BCUT2D eigenvalue weighted by Gasteiger charge is -2.57. The molecule has 0 radical (unpaired) electrons. The Kier molecular flexibility index (Phi) is 7.12. The number of rotatable bonds is 7. The first-order valence-corrected chi connectivity index (χ1v) is 13.8. The summed E-state index contributed by atoms with van der Waals surface area (Å²) in [4.78, 5) is 0. The quantitative estimate of drug-likeness (QED) is 0.406. The molecule has 3 saturated carbocycles.